The number of ether oxygens (including phenoxy) is 3. The van der Waals surface area contributed by atoms with Crippen LogP contribution in [-0.2, 0) is 13.2 Å². The molecule has 3 aromatic rings. The van der Waals surface area contributed by atoms with E-state index in [4.69, 9.17) is 14.2 Å². The molecule has 0 fully saturated rings. The smallest absolute Gasteiger partial charge is 0.167 e. The zero-order valence-corrected chi connectivity index (χ0v) is 16.5. The molecule has 0 bridgehead atoms. The van der Waals surface area contributed by atoms with E-state index in [0.29, 0.717) is 24.7 Å². The molecule has 0 atom stereocenters. The SMILES string of the molecule is COc1c(C=NCc2ccccc2)cc(OCc2ccccc2)c(OC)c1C. The molecule has 0 aliphatic heterocycles. The Hall–Kier alpha value is -3.27. The van der Waals surface area contributed by atoms with Gasteiger partial charge in [-0.05, 0) is 24.1 Å². The first-order valence-electron chi connectivity index (χ1n) is 9.19. The van der Waals surface area contributed by atoms with Gasteiger partial charge in [0.15, 0.2) is 11.5 Å². The molecule has 0 saturated heterocycles. The first-order chi connectivity index (χ1) is 13.7. The normalized spacial score (nSPS) is 10.8. The summed E-state index contributed by atoms with van der Waals surface area (Å²) in [6, 6.07) is 22.1. The van der Waals surface area contributed by atoms with E-state index in [0.717, 1.165) is 28.0 Å². The zero-order chi connectivity index (χ0) is 19.8. The molecule has 3 aromatic carbocycles. The largest absolute Gasteiger partial charge is 0.496 e. The van der Waals surface area contributed by atoms with Crippen LogP contribution in [0.5, 0.6) is 17.2 Å². The van der Waals surface area contributed by atoms with Gasteiger partial charge in [0.25, 0.3) is 0 Å². The van der Waals surface area contributed by atoms with Crippen molar-refractivity contribution in [1.29, 1.82) is 0 Å². The Labute approximate surface area is 166 Å². The molecule has 0 amide bonds. The minimum atomic E-state index is 0.462. The second-order valence-corrected chi connectivity index (χ2v) is 6.39. The summed E-state index contributed by atoms with van der Waals surface area (Å²) < 4.78 is 17.3. The summed E-state index contributed by atoms with van der Waals surface area (Å²) in [5.41, 5.74) is 4.00. The average Bonchev–Trinajstić information content (AvgIpc) is 2.74. The topological polar surface area (TPSA) is 40.0 Å². The van der Waals surface area contributed by atoms with E-state index in [1.165, 1.54) is 0 Å². The highest BCUT2D eigenvalue weighted by Crippen LogP contribution is 2.39. The van der Waals surface area contributed by atoms with Gasteiger partial charge in [-0.1, -0.05) is 60.7 Å². The van der Waals surface area contributed by atoms with Gasteiger partial charge in [-0.25, -0.2) is 0 Å². The number of rotatable bonds is 8. The van der Waals surface area contributed by atoms with Gasteiger partial charge in [-0.15, -0.1) is 0 Å². The van der Waals surface area contributed by atoms with E-state index in [1.54, 1.807) is 14.2 Å². The molecule has 0 N–H and O–H groups in total. The van der Waals surface area contributed by atoms with Crippen LogP contribution in [0.1, 0.15) is 22.3 Å². The van der Waals surface area contributed by atoms with Gasteiger partial charge >= 0.3 is 0 Å². The van der Waals surface area contributed by atoms with E-state index in [9.17, 15) is 0 Å². The van der Waals surface area contributed by atoms with Crippen LogP contribution in [0.4, 0.5) is 0 Å². The van der Waals surface area contributed by atoms with Gasteiger partial charge in [0, 0.05) is 17.3 Å². The van der Waals surface area contributed by atoms with E-state index < -0.39 is 0 Å². The molecule has 0 radical (unpaired) electrons. The molecule has 0 aromatic heterocycles. The zero-order valence-electron chi connectivity index (χ0n) is 16.5. The third-order valence-corrected chi connectivity index (χ3v) is 4.45. The lowest BCUT2D eigenvalue weighted by Gasteiger charge is -2.17. The maximum atomic E-state index is 6.06. The van der Waals surface area contributed by atoms with Crippen molar-refractivity contribution in [1.82, 2.24) is 0 Å². The van der Waals surface area contributed by atoms with Crippen LogP contribution in [0, 0.1) is 6.92 Å². The Morgan fingerprint density at radius 2 is 1.43 bits per heavy atom. The molecular formula is C24H25NO3. The molecule has 144 valence electrons. The summed E-state index contributed by atoms with van der Waals surface area (Å²) in [4.78, 5) is 4.58. The van der Waals surface area contributed by atoms with E-state index in [2.05, 4.69) is 17.1 Å². The summed E-state index contributed by atoms with van der Waals surface area (Å²) in [6.07, 6.45) is 1.83. The fourth-order valence-electron chi connectivity index (χ4n) is 3.07. The molecule has 28 heavy (non-hydrogen) atoms. The van der Waals surface area contributed by atoms with Crippen LogP contribution in [0.25, 0.3) is 0 Å². The Balaban J connectivity index is 1.86. The van der Waals surface area contributed by atoms with Crippen LogP contribution in [-0.4, -0.2) is 20.4 Å². The maximum absolute atomic E-state index is 6.06. The molecule has 4 heteroatoms. The lowest BCUT2D eigenvalue weighted by Crippen LogP contribution is -2.03. The fraction of sp³-hybridized carbons (Fsp3) is 0.208. The van der Waals surface area contributed by atoms with Crippen LogP contribution < -0.4 is 14.2 Å². The number of nitrogens with zero attached hydrogens (tertiary/aromatic N) is 1. The third kappa shape index (κ3) is 4.71. The second-order valence-electron chi connectivity index (χ2n) is 6.39. The quantitative estimate of drug-likeness (QED) is 0.507. The third-order valence-electron chi connectivity index (χ3n) is 4.45. The Kier molecular flexibility index (Phi) is 6.68. The van der Waals surface area contributed by atoms with Crippen molar-refractivity contribution in [2.75, 3.05) is 14.2 Å². The van der Waals surface area contributed by atoms with Crippen molar-refractivity contribution in [2.45, 2.75) is 20.1 Å². The van der Waals surface area contributed by atoms with Gasteiger partial charge in [-0.2, -0.15) is 0 Å². The molecule has 4 nitrogen and oxygen atoms in total. The van der Waals surface area contributed by atoms with E-state index >= 15 is 0 Å². The highest BCUT2D eigenvalue weighted by molar-refractivity contribution is 5.86. The minimum absolute atomic E-state index is 0.462. The van der Waals surface area contributed by atoms with Crippen LogP contribution in [0.3, 0.4) is 0 Å². The number of aliphatic imine (C=N–C) groups is 1. The van der Waals surface area contributed by atoms with Crippen LogP contribution in [0.2, 0.25) is 0 Å². The molecule has 0 heterocycles. The molecule has 0 aliphatic carbocycles. The van der Waals surface area contributed by atoms with Crippen molar-refractivity contribution in [3.63, 3.8) is 0 Å². The van der Waals surface area contributed by atoms with Crippen molar-refractivity contribution in [3.05, 3.63) is 89.0 Å². The van der Waals surface area contributed by atoms with Gasteiger partial charge < -0.3 is 14.2 Å². The maximum Gasteiger partial charge on any atom is 0.167 e. The van der Waals surface area contributed by atoms with E-state index in [-0.39, 0.29) is 0 Å². The van der Waals surface area contributed by atoms with Gasteiger partial charge in [0.05, 0.1) is 20.8 Å². The Morgan fingerprint density at radius 1 is 0.821 bits per heavy atom. The average molecular weight is 375 g/mol. The number of benzene rings is 3. The van der Waals surface area contributed by atoms with Crippen molar-refractivity contribution < 1.29 is 14.2 Å². The van der Waals surface area contributed by atoms with Crippen molar-refractivity contribution in [3.8, 4) is 17.2 Å². The number of hydrogen-bond acceptors (Lipinski definition) is 4. The van der Waals surface area contributed by atoms with E-state index in [1.807, 2.05) is 67.7 Å². The van der Waals surface area contributed by atoms with Crippen LogP contribution in [0.15, 0.2) is 71.7 Å². The molecule has 0 aliphatic rings. The van der Waals surface area contributed by atoms with Gasteiger partial charge in [0.2, 0.25) is 0 Å². The monoisotopic (exact) mass is 375 g/mol. The molecule has 3 rings (SSSR count). The van der Waals surface area contributed by atoms with Crippen molar-refractivity contribution in [2.24, 2.45) is 4.99 Å². The summed E-state index contributed by atoms with van der Waals surface area (Å²) in [6.45, 7) is 3.03. The summed E-state index contributed by atoms with van der Waals surface area (Å²) in [5.74, 6) is 2.08. The lowest BCUT2D eigenvalue weighted by molar-refractivity contribution is 0.282. The van der Waals surface area contributed by atoms with Gasteiger partial charge in [0.1, 0.15) is 12.4 Å². The molecule has 0 saturated carbocycles. The summed E-state index contributed by atoms with van der Waals surface area (Å²) >= 11 is 0. The molecular weight excluding hydrogens is 350 g/mol. The standard InChI is InChI=1S/C24H25NO3/c1-18-23(26-2)21(16-25-15-19-10-6-4-7-11-19)14-22(24(18)27-3)28-17-20-12-8-5-9-13-20/h4-14,16H,15,17H2,1-3H3. The minimum Gasteiger partial charge on any atom is -0.496 e. The summed E-state index contributed by atoms with van der Waals surface area (Å²) in [5, 5.41) is 0. The molecule has 0 spiro atoms. The Morgan fingerprint density at radius 3 is 2.04 bits per heavy atom. The Bertz CT molecular complexity index is 922. The highest BCUT2D eigenvalue weighted by Gasteiger charge is 2.17. The fourth-order valence-corrected chi connectivity index (χ4v) is 3.07. The number of methoxy groups -OCH3 is 2. The van der Waals surface area contributed by atoms with Crippen LogP contribution >= 0.6 is 0 Å². The number of hydrogen-bond donors (Lipinski definition) is 0. The highest BCUT2D eigenvalue weighted by atomic mass is 16.5. The molecule has 0 unspecified atom stereocenters. The lowest BCUT2D eigenvalue weighted by atomic mass is 10.1. The second kappa shape index (κ2) is 9.60. The first kappa shape index (κ1) is 19.5. The predicted molar refractivity (Wildman–Crippen MR) is 113 cm³/mol. The van der Waals surface area contributed by atoms with Crippen molar-refractivity contribution >= 4 is 6.21 Å². The first-order valence-corrected chi connectivity index (χ1v) is 9.19. The van der Waals surface area contributed by atoms with Gasteiger partial charge in [-0.3, -0.25) is 4.99 Å². The summed E-state index contributed by atoms with van der Waals surface area (Å²) in [7, 11) is 3.29. The predicted octanol–water partition coefficient (Wildman–Crippen LogP) is 5.21.